The van der Waals surface area contributed by atoms with Crippen molar-refractivity contribution in [2.45, 2.75) is 86.6 Å². The molecule has 7 fully saturated rings. The molecule has 5 saturated heterocycles. The van der Waals surface area contributed by atoms with Gasteiger partial charge in [0, 0.05) is 84.7 Å². The van der Waals surface area contributed by atoms with Crippen LogP contribution in [0.15, 0.2) is 40.3 Å². The molecule has 2 N–H and O–H groups in total. The number of allylic oxidation sites excluding steroid dienone is 1. The van der Waals surface area contributed by atoms with Crippen LogP contribution in [-0.4, -0.2) is 92.7 Å². The van der Waals surface area contributed by atoms with E-state index in [1.165, 1.54) is 22.4 Å². The van der Waals surface area contributed by atoms with Gasteiger partial charge in [0.15, 0.2) is 5.60 Å². The third kappa shape index (κ3) is 3.15. The molecule has 2 spiro atoms. The molecule has 8 bridgehead atoms. The number of nitrogens with one attached hydrogen (secondary N) is 1. The predicted octanol–water partition coefficient (Wildman–Crippen LogP) is 4.59. The number of carbonyl (C=O) groups excluding carboxylic acids is 2. The van der Waals surface area contributed by atoms with E-state index in [4.69, 9.17) is 13.9 Å². The first-order chi connectivity index (χ1) is 24.6. The van der Waals surface area contributed by atoms with E-state index in [2.05, 4.69) is 71.4 Å². The van der Waals surface area contributed by atoms with Crippen LogP contribution in [0.3, 0.4) is 0 Å². The zero-order chi connectivity index (χ0) is 35.0. The van der Waals surface area contributed by atoms with Crippen molar-refractivity contribution >= 4 is 45.3 Å². The lowest BCUT2D eigenvalue weighted by Crippen LogP contribution is -2.66. The van der Waals surface area contributed by atoms with Crippen LogP contribution >= 0.6 is 0 Å². The van der Waals surface area contributed by atoms with E-state index < -0.39 is 22.5 Å². The minimum Gasteiger partial charge on any atom is -0.469 e. The smallest absolute Gasteiger partial charge is 0.311 e. The first-order valence-corrected chi connectivity index (χ1v) is 19.2. The monoisotopic (exact) mass is 692 g/mol. The van der Waals surface area contributed by atoms with Crippen LogP contribution < -0.4 is 15.1 Å². The zero-order valence-corrected chi connectivity index (χ0v) is 30.3. The lowest BCUT2D eigenvalue weighted by molar-refractivity contribution is -0.160. The molecule has 11 atom stereocenters. The quantitative estimate of drug-likeness (QED) is 0.293. The SMILES string of the molecule is C/C=C1/CN2CC[C@@]34c5cc6oc7cc8c(cc7c6cc5N(C)[C@]23CC[C@@H]1[C@H]4C(=O)OC)[C@@]12CCNC[C@@]3([C@@H](C)O)OC(=O)[C@@H]1[C@H]3CCC2N8C. The Morgan fingerprint density at radius 1 is 1.06 bits per heavy atom. The van der Waals surface area contributed by atoms with Gasteiger partial charge in [-0.05, 0) is 94.2 Å². The molecule has 3 aromatic rings. The average molecular weight is 693 g/mol. The highest BCUT2D eigenvalue weighted by molar-refractivity contribution is 6.09. The Bertz CT molecular complexity index is 2120. The van der Waals surface area contributed by atoms with Crippen LogP contribution in [-0.2, 0) is 29.9 Å². The highest BCUT2D eigenvalue weighted by Crippen LogP contribution is 2.70. The third-order valence-electron chi connectivity index (χ3n) is 16.2. The number of likely N-dealkylation sites (N-methyl/N-ethyl adjacent to an activating group) is 2. The van der Waals surface area contributed by atoms with Crippen LogP contribution in [0.2, 0.25) is 0 Å². The van der Waals surface area contributed by atoms with E-state index in [1.54, 1.807) is 14.0 Å². The summed E-state index contributed by atoms with van der Waals surface area (Å²) in [5.74, 6) is -0.739. The summed E-state index contributed by atoms with van der Waals surface area (Å²) >= 11 is 0. The normalized spacial score (nSPS) is 42.7. The van der Waals surface area contributed by atoms with Crippen LogP contribution in [0.5, 0.6) is 0 Å². The van der Waals surface area contributed by atoms with Gasteiger partial charge in [0.1, 0.15) is 16.8 Å². The number of esters is 2. The van der Waals surface area contributed by atoms with Crippen LogP contribution in [0.1, 0.15) is 63.5 Å². The van der Waals surface area contributed by atoms with Gasteiger partial charge in [-0.2, -0.15) is 0 Å². The highest BCUT2D eigenvalue weighted by atomic mass is 16.6. The maximum absolute atomic E-state index is 14.1. The maximum atomic E-state index is 14.1. The van der Waals surface area contributed by atoms with Gasteiger partial charge in [0.25, 0.3) is 0 Å². The van der Waals surface area contributed by atoms with Crippen molar-refractivity contribution in [3.63, 3.8) is 0 Å². The molecule has 10 heteroatoms. The number of benzene rings is 2. The van der Waals surface area contributed by atoms with Gasteiger partial charge in [-0.3, -0.25) is 14.5 Å². The van der Waals surface area contributed by atoms with Gasteiger partial charge >= 0.3 is 11.9 Å². The number of aliphatic hydroxyl groups excluding tert-OH is 1. The van der Waals surface area contributed by atoms with E-state index in [-0.39, 0.29) is 47.3 Å². The summed E-state index contributed by atoms with van der Waals surface area (Å²) in [4.78, 5) is 35.6. The van der Waals surface area contributed by atoms with Gasteiger partial charge < -0.3 is 34.1 Å². The molecule has 268 valence electrons. The number of methoxy groups -OCH3 is 1. The van der Waals surface area contributed by atoms with Gasteiger partial charge in [0.2, 0.25) is 0 Å². The summed E-state index contributed by atoms with van der Waals surface area (Å²) in [7, 11) is 5.95. The van der Waals surface area contributed by atoms with Gasteiger partial charge in [0.05, 0.1) is 25.0 Å². The van der Waals surface area contributed by atoms with Crippen molar-refractivity contribution in [1.29, 1.82) is 0 Å². The third-order valence-corrected chi connectivity index (χ3v) is 16.2. The largest absolute Gasteiger partial charge is 0.469 e. The van der Waals surface area contributed by atoms with Gasteiger partial charge in [-0.25, -0.2) is 0 Å². The summed E-state index contributed by atoms with van der Waals surface area (Å²) in [6.07, 6.45) is 6.97. The van der Waals surface area contributed by atoms with Crippen LogP contribution in [0.4, 0.5) is 11.4 Å². The number of rotatable bonds is 2. The standard InChI is InChI=1S/C41H48N4O6/c1-6-22-19-45-14-12-39-28-17-31-25(16-30(28)44(4)41(39,45)10-9-23(22)34(39)36(47)49-5)24-15-27-29(18-32(24)50-31)43(3)33-8-7-26-35-37(48)51-40(26,21(2)46)20-42-13-11-38(27,33)35/h6,15-18,21,23,26,33-35,42,46H,7-14,19-20H2,1-5H3/b22-6-/t21-,23+,26-,33?,34+,35+,38-,39+,40+,41-/m1/s1. The Labute approximate surface area is 298 Å². The molecule has 2 unspecified atom stereocenters. The van der Waals surface area contributed by atoms with Gasteiger partial charge in [-0.1, -0.05) is 11.6 Å². The molecule has 7 aliphatic heterocycles. The Kier molecular flexibility index (Phi) is 5.88. The molecule has 0 radical (unpaired) electrons. The number of ether oxygens (including phenoxy) is 2. The molecule has 0 amide bonds. The van der Waals surface area contributed by atoms with Crippen molar-refractivity contribution in [2.24, 2.45) is 23.7 Å². The van der Waals surface area contributed by atoms with E-state index in [1.807, 2.05) is 0 Å². The molecular formula is C41H48N4O6. The van der Waals surface area contributed by atoms with E-state index >= 15 is 0 Å². The number of anilines is 2. The Balaban J connectivity index is 1.12. The summed E-state index contributed by atoms with van der Waals surface area (Å²) in [5, 5.41) is 16.8. The molecule has 1 aromatic heterocycles. The number of furan rings is 1. The molecule has 2 aromatic carbocycles. The summed E-state index contributed by atoms with van der Waals surface area (Å²) in [6.45, 7) is 6.96. The topological polar surface area (TPSA) is 108 Å². The van der Waals surface area contributed by atoms with Crippen LogP contribution in [0.25, 0.3) is 21.9 Å². The first-order valence-electron chi connectivity index (χ1n) is 19.2. The van der Waals surface area contributed by atoms with Crippen molar-refractivity contribution in [2.75, 3.05) is 57.2 Å². The van der Waals surface area contributed by atoms with E-state index in [9.17, 15) is 14.7 Å². The van der Waals surface area contributed by atoms with E-state index in [0.717, 1.165) is 85.8 Å². The summed E-state index contributed by atoms with van der Waals surface area (Å²) < 4.78 is 18.8. The Hall–Kier alpha value is -3.60. The lowest BCUT2D eigenvalue weighted by atomic mass is 9.53. The zero-order valence-electron chi connectivity index (χ0n) is 30.3. The Morgan fingerprint density at radius 3 is 2.65 bits per heavy atom. The number of nitrogens with zero attached hydrogens (tertiary/aromatic N) is 3. The number of aliphatic hydroxyl groups is 1. The summed E-state index contributed by atoms with van der Waals surface area (Å²) in [5.41, 5.74) is 5.70. The van der Waals surface area contributed by atoms with Crippen LogP contribution in [0, 0.1) is 23.7 Å². The van der Waals surface area contributed by atoms with Crippen molar-refractivity contribution in [1.82, 2.24) is 10.2 Å². The number of fused-ring (bicyclic) bond motifs is 7. The molecular weight excluding hydrogens is 644 g/mol. The highest BCUT2D eigenvalue weighted by Gasteiger charge is 2.76. The lowest BCUT2D eigenvalue weighted by Gasteiger charge is -2.54. The average Bonchev–Trinajstić information content (AvgIpc) is 3.82. The number of hydrogen-bond donors (Lipinski definition) is 2. The number of carbonyl (C=O) groups is 2. The minimum absolute atomic E-state index is 0.0560. The molecule has 51 heavy (non-hydrogen) atoms. The molecule has 8 heterocycles. The first kappa shape index (κ1) is 31.0. The Morgan fingerprint density at radius 2 is 1.86 bits per heavy atom. The van der Waals surface area contributed by atoms with E-state index in [0.29, 0.717) is 6.54 Å². The molecule has 10 nitrogen and oxygen atoms in total. The fourth-order valence-corrected chi connectivity index (χ4v) is 14.3. The maximum Gasteiger partial charge on any atom is 0.311 e. The van der Waals surface area contributed by atoms with Crippen molar-refractivity contribution in [3.8, 4) is 0 Å². The second-order valence-corrected chi connectivity index (χ2v) is 17.2. The second kappa shape index (κ2) is 9.68. The van der Waals surface area contributed by atoms with Gasteiger partial charge in [-0.15, -0.1) is 0 Å². The molecule has 12 rings (SSSR count). The fraction of sp³-hybridized carbons (Fsp3) is 0.610. The van der Waals surface area contributed by atoms with Crippen molar-refractivity contribution in [3.05, 3.63) is 47.0 Å². The predicted molar refractivity (Wildman–Crippen MR) is 193 cm³/mol. The summed E-state index contributed by atoms with van der Waals surface area (Å²) in [6, 6.07) is 9.29. The molecule has 2 saturated carbocycles. The second-order valence-electron chi connectivity index (χ2n) is 17.2. The van der Waals surface area contributed by atoms with Crippen molar-refractivity contribution < 1.29 is 28.6 Å². The minimum atomic E-state index is -0.905. The molecule has 2 aliphatic carbocycles. The number of hydrogen-bond acceptors (Lipinski definition) is 10. The fourth-order valence-electron chi connectivity index (χ4n) is 14.3. The molecule has 9 aliphatic rings.